The van der Waals surface area contributed by atoms with Gasteiger partial charge in [-0.1, -0.05) is 6.07 Å². The van der Waals surface area contributed by atoms with Crippen LogP contribution in [0.4, 0.5) is 0 Å². The minimum atomic E-state index is -0.0420. The van der Waals surface area contributed by atoms with Crippen molar-refractivity contribution in [3.05, 3.63) is 54.1 Å². The third-order valence-electron chi connectivity index (χ3n) is 4.63. The van der Waals surface area contributed by atoms with Crippen molar-refractivity contribution in [2.75, 3.05) is 13.7 Å². The molecule has 0 N–H and O–H groups in total. The lowest BCUT2D eigenvalue weighted by atomic mass is 9.98. The highest BCUT2D eigenvalue weighted by Crippen LogP contribution is 2.32. The largest absolute Gasteiger partial charge is 0.497 e. The van der Waals surface area contributed by atoms with Crippen LogP contribution in [0.5, 0.6) is 5.75 Å². The molecule has 0 radical (unpaired) electrons. The number of piperidine rings is 1. The maximum absolute atomic E-state index is 13.1. The molecule has 4 rings (SSSR count). The number of rotatable bonds is 3. The first kappa shape index (κ1) is 15.6. The molecule has 7 nitrogen and oxygen atoms in total. The van der Waals surface area contributed by atoms with Gasteiger partial charge in [-0.05, 0) is 43.5 Å². The first-order valence-corrected chi connectivity index (χ1v) is 8.37. The summed E-state index contributed by atoms with van der Waals surface area (Å²) < 4.78 is 6.97. The van der Waals surface area contributed by atoms with Crippen LogP contribution in [0.25, 0.3) is 5.78 Å². The number of hydrogen-bond acceptors (Lipinski definition) is 5. The van der Waals surface area contributed by atoms with Gasteiger partial charge in [0.25, 0.3) is 11.7 Å². The molecule has 1 aromatic carbocycles. The third kappa shape index (κ3) is 2.82. The molecule has 1 fully saturated rings. The van der Waals surface area contributed by atoms with Crippen molar-refractivity contribution in [3.63, 3.8) is 0 Å². The minimum absolute atomic E-state index is 0.00803. The molecule has 128 valence electrons. The number of ether oxygens (including phenoxy) is 1. The lowest BCUT2D eigenvalue weighted by Crippen LogP contribution is -2.39. The normalized spacial score (nSPS) is 17.6. The molecule has 7 heteroatoms. The SMILES string of the molecule is COc1cccc(C(=O)N2CCCC[C@@H]2c2ccnc3ncnn23)c1. The lowest BCUT2D eigenvalue weighted by molar-refractivity contribution is 0.0603. The van der Waals surface area contributed by atoms with Crippen LogP contribution in [0.15, 0.2) is 42.9 Å². The topological polar surface area (TPSA) is 72.6 Å². The van der Waals surface area contributed by atoms with E-state index in [0.717, 1.165) is 31.5 Å². The van der Waals surface area contributed by atoms with E-state index in [1.165, 1.54) is 6.33 Å². The summed E-state index contributed by atoms with van der Waals surface area (Å²) in [5.74, 6) is 1.24. The number of amides is 1. The zero-order valence-electron chi connectivity index (χ0n) is 14.0. The maximum Gasteiger partial charge on any atom is 0.254 e. The predicted octanol–water partition coefficient (Wildman–Crippen LogP) is 2.50. The molecule has 3 aromatic rings. The molecule has 3 heterocycles. The van der Waals surface area contributed by atoms with E-state index < -0.39 is 0 Å². The van der Waals surface area contributed by atoms with Crippen molar-refractivity contribution in [1.82, 2.24) is 24.5 Å². The molecule has 1 saturated heterocycles. The number of hydrogen-bond donors (Lipinski definition) is 0. The first-order valence-electron chi connectivity index (χ1n) is 8.37. The van der Waals surface area contributed by atoms with Crippen LogP contribution in [0.2, 0.25) is 0 Å². The Morgan fingerprint density at radius 1 is 1.24 bits per heavy atom. The summed E-state index contributed by atoms with van der Waals surface area (Å²) in [4.78, 5) is 23.4. The van der Waals surface area contributed by atoms with Gasteiger partial charge in [-0.3, -0.25) is 4.79 Å². The Balaban J connectivity index is 1.71. The molecule has 1 aliphatic heterocycles. The smallest absolute Gasteiger partial charge is 0.254 e. The maximum atomic E-state index is 13.1. The number of nitrogens with zero attached hydrogens (tertiary/aromatic N) is 5. The van der Waals surface area contributed by atoms with Crippen LogP contribution in [-0.2, 0) is 0 Å². The number of carbonyl (C=O) groups excluding carboxylic acids is 1. The van der Waals surface area contributed by atoms with Gasteiger partial charge in [-0.15, -0.1) is 0 Å². The second-order valence-electron chi connectivity index (χ2n) is 6.08. The molecule has 0 spiro atoms. The zero-order chi connectivity index (χ0) is 17.2. The van der Waals surface area contributed by atoms with E-state index >= 15 is 0 Å². The highest BCUT2D eigenvalue weighted by molar-refractivity contribution is 5.95. The highest BCUT2D eigenvalue weighted by atomic mass is 16.5. The first-order chi connectivity index (χ1) is 12.3. The molecule has 0 aliphatic carbocycles. The van der Waals surface area contributed by atoms with Gasteiger partial charge >= 0.3 is 0 Å². The van der Waals surface area contributed by atoms with Gasteiger partial charge in [0.2, 0.25) is 0 Å². The fourth-order valence-electron chi connectivity index (χ4n) is 3.41. The van der Waals surface area contributed by atoms with E-state index in [1.807, 2.05) is 29.2 Å². The van der Waals surface area contributed by atoms with Gasteiger partial charge in [0.1, 0.15) is 12.1 Å². The number of carbonyl (C=O) groups is 1. The molecule has 0 unspecified atom stereocenters. The summed E-state index contributed by atoms with van der Waals surface area (Å²) in [6, 6.07) is 9.17. The van der Waals surface area contributed by atoms with Crippen molar-refractivity contribution in [2.24, 2.45) is 0 Å². The predicted molar refractivity (Wildman–Crippen MR) is 91.4 cm³/mol. The summed E-state index contributed by atoms with van der Waals surface area (Å²) >= 11 is 0. The summed E-state index contributed by atoms with van der Waals surface area (Å²) in [6.45, 7) is 0.721. The average molecular weight is 337 g/mol. The second-order valence-corrected chi connectivity index (χ2v) is 6.08. The molecule has 2 aromatic heterocycles. The molecule has 0 saturated carbocycles. The molecule has 25 heavy (non-hydrogen) atoms. The number of fused-ring (bicyclic) bond motifs is 1. The monoisotopic (exact) mass is 337 g/mol. The van der Waals surface area contributed by atoms with E-state index in [9.17, 15) is 4.79 Å². The van der Waals surface area contributed by atoms with Gasteiger partial charge in [-0.25, -0.2) is 4.98 Å². The van der Waals surface area contributed by atoms with Gasteiger partial charge < -0.3 is 9.64 Å². The van der Waals surface area contributed by atoms with Crippen LogP contribution in [0.1, 0.15) is 41.4 Å². The Kier molecular flexibility index (Phi) is 4.05. The van der Waals surface area contributed by atoms with Crippen LogP contribution in [-0.4, -0.2) is 44.0 Å². The Hall–Kier alpha value is -2.96. The molecule has 0 bridgehead atoms. The number of likely N-dealkylation sites (tertiary alicyclic amines) is 1. The Morgan fingerprint density at radius 2 is 2.16 bits per heavy atom. The van der Waals surface area contributed by atoms with Gasteiger partial charge in [0.15, 0.2) is 0 Å². The molecular weight excluding hydrogens is 318 g/mol. The molecule has 1 aliphatic rings. The Bertz CT molecular complexity index is 907. The molecule has 1 amide bonds. The van der Waals surface area contributed by atoms with Crippen LogP contribution in [0.3, 0.4) is 0 Å². The second kappa shape index (κ2) is 6.51. The van der Waals surface area contributed by atoms with E-state index in [1.54, 1.807) is 23.9 Å². The molecule has 1 atom stereocenters. The third-order valence-corrected chi connectivity index (χ3v) is 4.63. The van der Waals surface area contributed by atoms with E-state index in [0.29, 0.717) is 17.1 Å². The van der Waals surface area contributed by atoms with E-state index in [4.69, 9.17) is 4.74 Å². The van der Waals surface area contributed by atoms with Gasteiger partial charge in [0.05, 0.1) is 18.8 Å². The quantitative estimate of drug-likeness (QED) is 0.734. The summed E-state index contributed by atoms with van der Waals surface area (Å²) in [5, 5.41) is 4.27. The van der Waals surface area contributed by atoms with E-state index in [2.05, 4.69) is 15.1 Å². The number of methoxy groups -OCH3 is 1. The van der Waals surface area contributed by atoms with Crippen molar-refractivity contribution in [2.45, 2.75) is 25.3 Å². The van der Waals surface area contributed by atoms with E-state index in [-0.39, 0.29) is 11.9 Å². The fourth-order valence-corrected chi connectivity index (χ4v) is 3.41. The zero-order valence-corrected chi connectivity index (χ0v) is 14.0. The standard InChI is InChI=1S/C18H19N5O2/c1-25-14-6-4-5-13(11-14)17(24)22-10-3-2-7-15(22)16-8-9-19-18-20-12-21-23(16)18/h4-6,8-9,11-12,15H,2-3,7,10H2,1H3/t15-/m1/s1. The van der Waals surface area contributed by atoms with Crippen LogP contribution in [0, 0.1) is 0 Å². The van der Waals surface area contributed by atoms with Gasteiger partial charge in [-0.2, -0.15) is 14.6 Å². The van der Waals surface area contributed by atoms with Crippen molar-refractivity contribution < 1.29 is 9.53 Å². The van der Waals surface area contributed by atoms with Crippen molar-refractivity contribution in [1.29, 1.82) is 0 Å². The number of aromatic nitrogens is 4. The summed E-state index contributed by atoms with van der Waals surface area (Å²) in [7, 11) is 1.60. The van der Waals surface area contributed by atoms with Crippen molar-refractivity contribution >= 4 is 11.7 Å². The van der Waals surface area contributed by atoms with Gasteiger partial charge in [0, 0.05) is 18.3 Å². The van der Waals surface area contributed by atoms with Crippen LogP contribution < -0.4 is 4.74 Å². The minimum Gasteiger partial charge on any atom is -0.497 e. The Morgan fingerprint density at radius 3 is 3.04 bits per heavy atom. The van der Waals surface area contributed by atoms with Crippen LogP contribution >= 0.6 is 0 Å². The lowest BCUT2D eigenvalue weighted by Gasteiger charge is -2.36. The fraction of sp³-hybridized carbons (Fsp3) is 0.333. The highest BCUT2D eigenvalue weighted by Gasteiger charge is 2.30. The summed E-state index contributed by atoms with van der Waals surface area (Å²) in [6.07, 6.45) is 6.18. The van der Waals surface area contributed by atoms with Crippen molar-refractivity contribution in [3.8, 4) is 5.75 Å². The number of benzene rings is 1. The molecular formula is C18H19N5O2. The average Bonchev–Trinajstić information content (AvgIpc) is 3.16. The summed E-state index contributed by atoms with van der Waals surface area (Å²) in [5.41, 5.74) is 1.58. The Labute approximate surface area is 145 Å².